The summed E-state index contributed by atoms with van der Waals surface area (Å²) in [6.45, 7) is 3.35. The number of rotatable bonds is 6. The lowest BCUT2D eigenvalue weighted by atomic mass is 9.97. The van der Waals surface area contributed by atoms with E-state index in [2.05, 4.69) is 4.99 Å². The zero-order valence-corrected chi connectivity index (χ0v) is 9.17. The fourth-order valence-corrected chi connectivity index (χ4v) is 1.79. The Morgan fingerprint density at radius 3 is 2.44 bits per heavy atom. The molecule has 16 heavy (non-hydrogen) atoms. The minimum absolute atomic E-state index is 0.0663. The molecule has 0 fully saturated rings. The highest BCUT2D eigenvalue weighted by Gasteiger charge is 2.30. The van der Waals surface area contributed by atoms with E-state index in [0.717, 1.165) is 6.54 Å². The molecular weight excluding hydrogens is 212 g/mol. The van der Waals surface area contributed by atoms with E-state index in [4.69, 9.17) is 10.2 Å². The van der Waals surface area contributed by atoms with Gasteiger partial charge in [-0.05, 0) is 12.8 Å². The van der Waals surface area contributed by atoms with E-state index < -0.39 is 17.9 Å². The standard InChI is InChI=1S/C10H16N2O4/c1-2-7(12-4-3-11-6-12)5-8(9(13)14)10(15)16/h6-8H,2-5H2,1H3,(H,13,14)(H,15,16). The van der Waals surface area contributed by atoms with Crippen LogP contribution in [-0.2, 0) is 9.59 Å². The molecule has 1 atom stereocenters. The lowest BCUT2D eigenvalue weighted by Crippen LogP contribution is -2.37. The van der Waals surface area contributed by atoms with Crippen LogP contribution in [0.4, 0.5) is 0 Å². The van der Waals surface area contributed by atoms with Crippen molar-refractivity contribution in [2.45, 2.75) is 25.8 Å². The first-order valence-corrected chi connectivity index (χ1v) is 5.27. The van der Waals surface area contributed by atoms with Crippen molar-refractivity contribution in [2.75, 3.05) is 13.1 Å². The molecule has 90 valence electrons. The monoisotopic (exact) mass is 228 g/mol. The van der Waals surface area contributed by atoms with Crippen molar-refractivity contribution in [1.29, 1.82) is 0 Å². The molecule has 0 aliphatic carbocycles. The molecule has 2 N–H and O–H groups in total. The number of carbonyl (C=O) groups is 2. The van der Waals surface area contributed by atoms with Crippen molar-refractivity contribution >= 4 is 18.3 Å². The van der Waals surface area contributed by atoms with Crippen molar-refractivity contribution in [3.63, 3.8) is 0 Å². The second kappa shape index (κ2) is 5.48. The first-order valence-electron chi connectivity index (χ1n) is 5.27. The Bertz CT molecular complexity index is 289. The number of nitrogens with zero attached hydrogens (tertiary/aromatic N) is 2. The van der Waals surface area contributed by atoms with Gasteiger partial charge in [-0.2, -0.15) is 0 Å². The third kappa shape index (κ3) is 2.95. The number of hydrogen-bond donors (Lipinski definition) is 2. The molecule has 6 nitrogen and oxygen atoms in total. The quantitative estimate of drug-likeness (QED) is 0.637. The molecule has 0 saturated heterocycles. The van der Waals surface area contributed by atoms with Gasteiger partial charge < -0.3 is 15.1 Å². The predicted octanol–water partition coefficient (Wildman–Crippen LogP) is 0.284. The molecule has 0 saturated carbocycles. The molecule has 0 radical (unpaired) electrons. The van der Waals surface area contributed by atoms with Crippen LogP contribution in [0.5, 0.6) is 0 Å². The molecule has 1 heterocycles. The van der Waals surface area contributed by atoms with Crippen molar-refractivity contribution in [3.8, 4) is 0 Å². The van der Waals surface area contributed by atoms with Gasteiger partial charge in [0.25, 0.3) is 0 Å². The van der Waals surface area contributed by atoms with Gasteiger partial charge in [-0.25, -0.2) is 0 Å². The number of aliphatic carboxylic acids is 2. The van der Waals surface area contributed by atoms with E-state index in [-0.39, 0.29) is 12.5 Å². The summed E-state index contributed by atoms with van der Waals surface area (Å²) in [6, 6.07) is -0.0663. The van der Waals surface area contributed by atoms with Crippen LogP contribution in [0.2, 0.25) is 0 Å². The molecule has 1 rings (SSSR count). The molecule has 0 bridgehead atoms. The highest BCUT2D eigenvalue weighted by atomic mass is 16.4. The average Bonchev–Trinajstić information content (AvgIpc) is 2.71. The number of hydrogen-bond acceptors (Lipinski definition) is 4. The van der Waals surface area contributed by atoms with E-state index in [1.165, 1.54) is 0 Å². The third-order valence-corrected chi connectivity index (χ3v) is 2.76. The van der Waals surface area contributed by atoms with Gasteiger partial charge in [-0.15, -0.1) is 0 Å². The number of carboxylic acid groups (broad SMARTS) is 2. The smallest absolute Gasteiger partial charge is 0.317 e. The van der Waals surface area contributed by atoms with E-state index in [0.29, 0.717) is 13.0 Å². The van der Waals surface area contributed by atoms with Gasteiger partial charge in [0, 0.05) is 12.6 Å². The molecule has 0 spiro atoms. The van der Waals surface area contributed by atoms with Gasteiger partial charge in [-0.1, -0.05) is 6.92 Å². The Morgan fingerprint density at radius 1 is 1.44 bits per heavy atom. The summed E-state index contributed by atoms with van der Waals surface area (Å²) in [7, 11) is 0. The van der Waals surface area contributed by atoms with Crippen LogP contribution < -0.4 is 0 Å². The zero-order valence-electron chi connectivity index (χ0n) is 9.17. The van der Waals surface area contributed by atoms with Crippen molar-refractivity contribution in [3.05, 3.63) is 0 Å². The number of aliphatic imine (C=N–C) groups is 1. The number of carboxylic acids is 2. The maximum atomic E-state index is 10.8. The van der Waals surface area contributed by atoms with Crippen LogP contribution in [0.3, 0.4) is 0 Å². The Balaban J connectivity index is 2.63. The highest BCUT2D eigenvalue weighted by Crippen LogP contribution is 2.16. The highest BCUT2D eigenvalue weighted by molar-refractivity contribution is 5.92. The summed E-state index contributed by atoms with van der Waals surface area (Å²) >= 11 is 0. The van der Waals surface area contributed by atoms with Gasteiger partial charge in [0.15, 0.2) is 5.92 Å². The molecule has 1 aliphatic rings. The predicted molar refractivity (Wildman–Crippen MR) is 57.5 cm³/mol. The van der Waals surface area contributed by atoms with Crippen LogP contribution >= 0.6 is 0 Å². The average molecular weight is 228 g/mol. The third-order valence-electron chi connectivity index (χ3n) is 2.76. The van der Waals surface area contributed by atoms with E-state index >= 15 is 0 Å². The van der Waals surface area contributed by atoms with Crippen LogP contribution in [-0.4, -0.2) is 52.5 Å². The van der Waals surface area contributed by atoms with Crippen LogP contribution in [0.25, 0.3) is 0 Å². The molecule has 0 aromatic carbocycles. The Kier molecular flexibility index (Phi) is 4.28. The van der Waals surface area contributed by atoms with Gasteiger partial charge in [0.1, 0.15) is 0 Å². The maximum absolute atomic E-state index is 10.8. The summed E-state index contributed by atoms with van der Waals surface area (Å²) in [4.78, 5) is 27.5. The normalized spacial score (nSPS) is 16.8. The summed E-state index contributed by atoms with van der Waals surface area (Å²) in [5.74, 6) is -3.89. The minimum atomic E-state index is -1.33. The van der Waals surface area contributed by atoms with E-state index in [1.807, 2.05) is 11.8 Å². The fourth-order valence-electron chi connectivity index (χ4n) is 1.79. The fraction of sp³-hybridized carbons (Fsp3) is 0.700. The molecule has 1 aliphatic heterocycles. The second-order valence-electron chi connectivity index (χ2n) is 3.79. The Morgan fingerprint density at radius 2 is 2.06 bits per heavy atom. The summed E-state index contributed by atoms with van der Waals surface area (Å²) in [6.07, 6.45) is 2.51. The van der Waals surface area contributed by atoms with E-state index in [1.54, 1.807) is 6.34 Å². The van der Waals surface area contributed by atoms with Crippen molar-refractivity contribution < 1.29 is 19.8 Å². The Labute approximate surface area is 93.6 Å². The van der Waals surface area contributed by atoms with Crippen LogP contribution in [0.15, 0.2) is 4.99 Å². The minimum Gasteiger partial charge on any atom is -0.481 e. The zero-order chi connectivity index (χ0) is 12.1. The van der Waals surface area contributed by atoms with Gasteiger partial charge >= 0.3 is 11.9 Å². The van der Waals surface area contributed by atoms with Gasteiger partial charge in [-0.3, -0.25) is 14.6 Å². The molecule has 0 aromatic rings. The molecule has 1 unspecified atom stereocenters. The summed E-state index contributed by atoms with van der Waals surface area (Å²) in [5, 5.41) is 17.6. The summed E-state index contributed by atoms with van der Waals surface area (Å²) < 4.78 is 0. The Hall–Kier alpha value is -1.59. The lowest BCUT2D eigenvalue weighted by Gasteiger charge is -2.26. The first-order chi connectivity index (χ1) is 7.56. The second-order valence-corrected chi connectivity index (χ2v) is 3.79. The van der Waals surface area contributed by atoms with Gasteiger partial charge in [0.2, 0.25) is 0 Å². The maximum Gasteiger partial charge on any atom is 0.317 e. The molecule has 0 aromatic heterocycles. The SMILES string of the molecule is CCC(CC(C(=O)O)C(=O)O)N1C=NCC1. The first kappa shape index (κ1) is 12.5. The largest absolute Gasteiger partial charge is 0.481 e. The topological polar surface area (TPSA) is 90.2 Å². The van der Waals surface area contributed by atoms with E-state index in [9.17, 15) is 9.59 Å². The summed E-state index contributed by atoms with van der Waals surface area (Å²) in [5.41, 5.74) is 0. The van der Waals surface area contributed by atoms with Crippen molar-refractivity contribution in [1.82, 2.24) is 4.90 Å². The molecule has 6 heteroatoms. The van der Waals surface area contributed by atoms with Gasteiger partial charge in [0.05, 0.1) is 12.9 Å². The molecule has 0 amide bonds. The van der Waals surface area contributed by atoms with Crippen LogP contribution in [0, 0.1) is 5.92 Å². The van der Waals surface area contributed by atoms with Crippen molar-refractivity contribution in [2.24, 2.45) is 10.9 Å². The van der Waals surface area contributed by atoms with Crippen LogP contribution in [0.1, 0.15) is 19.8 Å². The molecular formula is C10H16N2O4. The lowest BCUT2D eigenvalue weighted by molar-refractivity contribution is -0.155.